The number of rotatable bonds is 5. The Morgan fingerprint density at radius 3 is 2.95 bits per heavy atom. The maximum atomic E-state index is 11.9. The smallest absolute Gasteiger partial charge is 0.227 e. The highest BCUT2D eigenvalue weighted by molar-refractivity contribution is 9.10. The topological polar surface area (TPSA) is 77.2 Å². The number of ether oxygens (including phenoxy) is 1. The van der Waals surface area contributed by atoms with Crippen molar-refractivity contribution in [3.8, 4) is 5.75 Å². The summed E-state index contributed by atoms with van der Waals surface area (Å²) in [6, 6.07) is 7.21. The van der Waals surface area contributed by atoms with Crippen LogP contribution in [0.2, 0.25) is 0 Å². The Balaban J connectivity index is 1.84. The molecule has 6 heteroatoms. The number of halogens is 1. The SMILES string of the molecule is Cc1ccc(N)cc1NC(=O)CCOc1cncc(Br)c1. The first-order valence-electron chi connectivity index (χ1n) is 6.44. The van der Waals surface area contributed by atoms with Gasteiger partial charge in [-0.3, -0.25) is 9.78 Å². The molecule has 2 aromatic rings. The summed E-state index contributed by atoms with van der Waals surface area (Å²) in [5, 5.41) is 2.82. The molecule has 0 saturated heterocycles. The Bertz CT molecular complexity index is 647. The van der Waals surface area contributed by atoms with Gasteiger partial charge in [0.15, 0.2) is 0 Å². The number of pyridine rings is 1. The molecule has 1 aromatic heterocycles. The molecule has 1 aromatic carbocycles. The number of amides is 1. The molecule has 1 heterocycles. The zero-order valence-corrected chi connectivity index (χ0v) is 13.2. The third kappa shape index (κ3) is 4.75. The average Bonchev–Trinajstić information content (AvgIpc) is 2.43. The fourth-order valence-electron chi connectivity index (χ4n) is 1.72. The van der Waals surface area contributed by atoms with Crippen molar-refractivity contribution in [3.05, 3.63) is 46.7 Å². The van der Waals surface area contributed by atoms with Crippen molar-refractivity contribution >= 4 is 33.2 Å². The van der Waals surface area contributed by atoms with E-state index in [9.17, 15) is 4.79 Å². The highest BCUT2D eigenvalue weighted by Crippen LogP contribution is 2.19. The number of carbonyl (C=O) groups excluding carboxylic acids is 1. The van der Waals surface area contributed by atoms with E-state index >= 15 is 0 Å². The van der Waals surface area contributed by atoms with E-state index in [-0.39, 0.29) is 18.9 Å². The van der Waals surface area contributed by atoms with Gasteiger partial charge in [-0.25, -0.2) is 0 Å². The van der Waals surface area contributed by atoms with E-state index in [1.807, 2.05) is 13.0 Å². The number of nitrogen functional groups attached to an aromatic ring is 1. The minimum absolute atomic E-state index is 0.119. The number of carbonyl (C=O) groups is 1. The van der Waals surface area contributed by atoms with Gasteiger partial charge in [-0.2, -0.15) is 0 Å². The molecule has 1 amide bonds. The molecule has 3 N–H and O–H groups in total. The Morgan fingerprint density at radius 2 is 2.19 bits per heavy atom. The summed E-state index contributed by atoms with van der Waals surface area (Å²) in [5.41, 5.74) is 8.02. The molecule has 21 heavy (non-hydrogen) atoms. The van der Waals surface area contributed by atoms with Gasteiger partial charge < -0.3 is 15.8 Å². The van der Waals surface area contributed by atoms with Crippen LogP contribution in [0, 0.1) is 6.92 Å². The highest BCUT2D eigenvalue weighted by atomic mass is 79.9. The van der Waals surface area contributed by atoms with Crippen LogP contribution in [0.25, 0.3) is 0 Å². The lowest BCUT2D eigenvalue weighted by Gasteiger charge is -2.10. The summed E-state index contributed by atoms with van der Waals surface area (Å²) < 4.78 is 6.30. The van der Waals surface area contributed by atoms with Gasteiger partial charge in [0.25, 0.3) is 0 Å². The fourth-order valence-corrected chi connectivity index (χ4v) is 2.06. The van der Waals surface area contributed by atoms with Crippen molar-refractivity contribution in [3.63, 3.8) is 0 Å². The lowest BCUT2D eigenvalue weighted by molar-refractivity contribution is -0.116. The van der Waals surface area contributed by atoms with Crippen LogP contribution in [0.1, 0.15) is 12.0 Å². The van der Waals surface area contributed by atoms with Gasteiger partial charge in [-0.1, -0.05) is 6.07 Å². The number of nitrogens with one attached hydrogen (secondary N) is 1. The van der Waals surface area contributed by atoms with Crippen molar-refractivity contribution < 1.29 is 9.53 Å². The van der Waals surface area contributed by atoms with Crippen LogP contribution in [0.5, 0.6) is 5.75 Å². The van der Waals surface area contributed by atoms with Crippen molar-refractivity contribution in [2.24, 2.45) is 0 Å². The molecule has 2 rings (SSSR count). The van der Waals surface area contributed by atoms with Crippen LogP contribution in [-0.4, -0.2) is 17.5 Å². The van der Waals surface area contributed by atoms with Crippen LogP contribution in [0.3, 0.4) is 0 Å². The van der Waals surface area contributed by atoms with E-state index in [0.717, 1.165) is 15.7 Å². The molecule has 0 saturated carbocycles. The molecule has 110 valence electrons. The van der Waals surface area contributed by atoms with Gasteiger partial charge in [-0.15, -0.1) is 0 Å². The largest absolute Gasteiger partial charge is 0.491 e. The van der Waals surface area contributed by atoms with Gasteiger partial charge >= 0.3 is 0 Å². The molecule has 0 aliphatic carbocycles. The molecule has 0 aliphatic heterocycles. The summed E-state index contributed by atoms with van der Waals surface area (Å²) in [4.78, 5) is 15.9. The first-order chi connectivity index (χ1) is 10.0. The van der Waals surface area contributed by atoms with Crippen LogP contribution < -0.4 is 15.8 Å². The standard InChI is InChI=1S/C15H16BrN3O2/c1-10-2-3-12(17)7-14(10)19-15(20)4-5-21-13-6-11(16)8-18-9-13/h2-3,6-9H,4-5,17H2,1H3,(H,19,20). The second-order valence-electron chi connectivity index (χ2n) is 4.56. The Labute approximate surface area is 131 Å². The van der Waals surface area contributed by atoms with E-state index < -0.39 is 0 Å². The van der Waals surface area contributed by atoms with Crippen molar-refractivity contribution in [2.45, 2.75) is 13.3 Å². The van der Waals surface area contributed by atoms with E-state index in [1.54, 1.807) is 30.6 Å². The van der Waals surface area contributed by atoms with E-state index in [2.05, 4.69) is 26.2 Å². The minimum Gasteiger partial charge on any atom is -0.491 e. The second kappa shape index (κ2) is 7.08. The third-order valence-corrected chi connectivity index (χ3v) is 3.25. The molecule has 5 nitrogen and oxygen atoms in total. The van der Waals surface area contributed by atoms with Gasteiger partial charge in [0.1, 0.15) is 5.75 Å². The first kappa shape index (κ1) is 15.3. The lowest BCUT2D eigenvalue weighted by Crippen LogP contribution is -2.16. The third-order valence-electron chi connectivity index (χ3n) is 2.81. The maximum absolute atomic E-state index is 11.9. The molecule has 0 atom stereocenters. The van der Waals surface area contributed by atoms with Gasteiger partial charge in [0.05, 0.1) is 19.2 Å². The van der Waals surface area contributed by atoms with Crippen LogP contribution in [0.15, 0.2) is 41.1 Å². The van der Waals surface area contributed by atoms with Crippen molar-refractivity contribution in [1.82, 2.24) is 4.98 Å². The van der Waals surface area contributed by atoms with E-state index in [4.69, 9.17) is 10.5 Å². The summed E-state index contributed by atoms with van der Waals surface area (Å²) >= 11 is 3.31. The second-order valence-corrected chi connectivity index (χ2v) is 5.48. The number of nitrogens with zero attached hydrogens (tertiary/aromatic N) is 1. The quantitative estimate of drug-likeness (QED) is 0.813. The lowest BCUT2D eigenvalue weighted by atomic mass is 10.2. The van der Waals surface area contributed by atoms with Crippen molar-refractivity contribution in [2.75, 3.05) is 17.7 Å². The van der Waals surface area contributed by atoms with Gasteiger partial charge in [0.2, 0.25) is 5.91 Å². The average molecular weight is 350 g/mol. The molecule has 0 bridgehead atoms. The van der Waals surface area contributed by atoms with E-state index in [0.29, 0.717) is 11.4 Å². The maximum Gasteiger partial charge on any atom is 0.227 e. The summed E-state index contributed by atoms with van der Waals surface area (Å²) in [6.45, 7) is 2.20. The van der Waals surface area contributed by atoms with Gasteiger partial charge in [0, 0.05) is 22.0 Å². The van der Waals surface area contributed by atoms with Crippen LogP contribution in [0.4, 0.5) is 11.4 Å². The summed E-state index contributed by atoms with van der Waals surface area (Å²) in [6.07, 6.45) is 3.52. The summed E-state index contributed by atoms with van der Waals surface area (Å²) in [5.74, 6) is 0.504. The molecule has 0 unspecified atom stereocenters. The number of benzene rings is 1. The van der Waals surface area contributed by atoms with Gasteiger partial charge in [-0.05, 0) is 46.6 Å². The highest BCUT2D eigenvalue weighted by Gasteiger charge is 2.06. The Morgan fingerprint density at radius 1 is 1.38 bits per heavy atom. The molecular weight excluding hydrogens is 334 g/mol. The zero-order chi connectivity index (χ0) is 15.2. The Kier molecular flexibility index (Phi) is 5.16. The number of hydrogen-bond acceptors (Lipinski definition) is 4. The summed E-state index contributed by atoms with van der Waals surface area (Å²) in [7, 11) is 0. The minimum atomic E-state index is -0.119. The molecule has 0 fully saturated rings. The number of aromatic nitrogens is 1. The molecule has 0 spiro atoms. The Hall–Kier alpha value is -2.08. The molecular formula is C15H16BrN3O2. The number of aryl methyl sites for hydroxylation is 1. The van der Waals surface area contributed by atoms with E-state index in [1.165, 1.54) is 0 Å². The normalized spacial score (nSPS) is 10.2. The molecule has 0 radical (unpaired) electrons. The van der Waals surface area contributed by atoms with Crippen molar-refractivity contribution in [1.29, 1.82) is 0 Å². The monoisotopic (exact) mass is 349 g/mol. The predicted molar refractivity (Wildman–Crippen MR) is 86.3 cm³/mol. The number of hydrogen-bond donors (Lipinski definition) is 2. The number of nitrogens with two attached hydrogens (primary N) is 1. The zero-order valence-electron chi connectivity index (χ0n) is 11.6. The molecule has 0 aliphatic rings. The predicted octanol–water partition coefficient (Wildman–Crippen LogP) is 3.14. The number of anilines is 2. The first-order valence-corrected chi connectivity index (χ1v) is 7.23. The van der Waals surface area contributed by atoms with Crippen LogP contribution in [-0.2, 0) is 4.79 Å². The fraction of sp³-hybridized carbons (Fsp3) is 0.200. The van der Waals surface area contributed by atoms with Crippen LogP contribution >= 0.6 is 15.9 Å².